The van der Waals surface area contributed by atoms with Gasteiger partial charge in [-0.2, -0.15) is 0 Å². The average molecular weight is 903 g/mol. The number of carboxylic acids is 1. The fourth-order valence-electron chi connectivity index (χ4n) is 8.63. The highest BCUT2D eigenvalue weighted by atomic mass is 16.6. The van der Waals surface area contributed by atoms with Crippen molar-refractivity contribution in [1.82, 2.24) is 26.2 Å². The lowest BCUT2D eigenvalue weighted by Crippen LogP contribution is -2.57. The van der Waals surface area contributed by atoms with Gasteiger partial charge in [-0.15, -0.1) is 0 Å². The minimum Gasteiger partial charge on any atom is -0.599 e. The van der Waals surface area contributed by atoms with Crippen molar-refractivity contribution in [1.29, 1.82) is 0 Å². The summed E-state index contributed by atoms with van der Waals surface area (Å²) in [5.74, 6) is -5.67. The third kappa shape index (κ3) is 13.6. The van der Waals surface area contributed by atoms with Crippen molar-refractivity contribution < 1.29 is 53.2 Å². The first-order chi connectivity index (χ1) is 31.2. The predicted octanol–water partition coefficient (Wildman–Crippen LogP) is 0.296. The van der Waals surface area contributed by atoms with E-state index in [-0.39, 0.29) is 95.8 Å². The molecule has 3 aliphatic rings. The lowest BCUT2D eigenvalue weighted by Gasteiger charge is -2.29. The Bertz CT molecular complexity index is 2060. The molecule has 2 aromatic rings. The van der Waals surface area contributed by atoms with Crippen molar-refractivity contribution in [2.75, 3.05) is 26.8 Å². The van der Waals surface area contributed by atoms with Crippen LogP contribution in [0.4, 0.5) is 0 Å². The molecule has 20 heteroatoms. The molecule has 2 fully saturated rings. The molecular weight excluding hydrogens is 843 g/mol. The zero-order valence-corrected chi connectivity index (χ0v) is 36.8. The van der Waals surface area contributed by atoms with Crippen LogP contribution in [0.25, 0.3) is 11.1 Å². The van der Waals surface area contributed by atoms with Crippen LogP contribution in [0.1, 0.15) is 101 Å². The minimum atomic E-state index is -1.38. The third-order valence-electron chi connectivity index (χ3n) is 11.9. The number of aliphatic carboxylic acids is 1. The lowest BCUT2D eigenvalue weighted by atomic mass is 9.98. The summed E-state index contributed by atoms with van der Waals surface area (Å²) in [6.07, 6.45) is 1.03. The fraction of sp³-hybridized carbons (Fsp3) is 0.533. The number of carboxylic acid groups (broad SMARTS) is 1. The number of fused-ring (bicyclic) bond motifs is 4. The molecule has 0 saturated carbocycles. The number of rotatable bonds is 15. The number of esters is 1. The van der Waals surface area contributed by atoms with Gasteiger partial charge in [0.15, 0.2) is 5.96 Å². The molecule has 6 atom stereocenters. The normalized spacial score (nSPS) is 22.5. The second kappa shape index (κ2) is 23.8. The number of ether oxygens (including phenoxy) is 2. The van der Waals surface area contributed by atoms with E-state index in [0.717, 1.165) is 22.3 Å². The number of carbonyl (C=O) groups excluding carboxylic acids is 6. The molecule has 1 unspecified atom stereocenters. The second-order valence-electron chi connectivity index (χ2n) is 16.5. The Morgan fingerprint density at radius 3 is 2.11 bits per heavy atom. The van der Waals surface area contributed by atoms with Crippen LogP contribution in [0.5, 0.6) is 0 Å². The highest BCUT2D eigenvalue weighted by Gasteiger charge is 2.39. The molecule has 2 saturated heterocycles. The molecule has 0 aromatic heterocycles. The van der Waals surface area contributed by atoms with Gasteiger partial charge in [0.1, 0.15) is 42.3 Å². The summed E-state index contributed by atoms with van der Waals surface area (Å²) in [6.45, 7) is 1.49. The van der Waals surface area contributed by atoms with Gasteiger partial charge in [0.05, 0.1) is 7.11 Å². The number of nitrogens with two attached hydrogens (primary N) is 2. The van der Waals surface area contributed by atoms with Crippen molar-refractivity contribution in [3.63, 3.8) is 0 Å². The first kappa shape index (κ1) is 49.3. The number of hydrogen-bond donors (Lipinski definition) is 7. The van der Waals surface area contributed by atoms with Gasteiger partial charge in [0.25, 0.3) is 0 Å². The van der Waals surface area contributed by atoms with E-state index in [1.165, 1.54) is 18.9 Å². The van der Waals surface area contributed by atoms with Crippen molar-refractivity contribution in [2.45, 2.75) is 126 Å². The van der Waals surface area contributed by atoms with Crippen LogP contribution in [0.15, 0.2) is 58.5 Å². The van der Waals surface area contributed by atoms with Crippen LogP contribution in [-0.4, -0.2) is 127 Å². The zero-order chi connectivity index (χ0) is 47.0. The summed E-state index contributed by atoms with van der Waals surface area (Å²) in [4.78, 5) is 102. The molecular formula is C45H60N9O11-. The molecule has 2 aliphatic heterocycles. The van der Waals surface area contributed by atoms with Crippen LogP contribution in [0.3, 0.4) is 0 Å². The van der Waals surface area contributed by atoms with Gasteiger partial charge in [-0.3, -0.25) is 34.0 Å². The molecule has 1 aliphatic carbocycles. The van der Waals surface area contributed by atoms with Crippen LogP contribution >= 0.6 is 0 Å². The predicted molar refractivity (Wildman–Crippen MR) is 236 cm³/mol. The van der Waals surface area contributed by atoms with Crippen LogP contribution < -0.4 is 37.8 Å². The molecule has 9 N–H and O–H groups in total. The summed E-state index contributed by atoms with van der Waals surface area (Å²) in [5, 5.41) is 34.1. The minimum absolute atomic E-state index is 0.00282. The van der Waals surface area contributed by atoms with E-state index in [0.29, 0.717) is 12.8 Å². The summed E-state index contributed by atoms with van der Waals surface area (Å²) in [7, 11) is 1.19. The van der Waals surface area contributed by atoms with Gasteiger partial charge in [-0.05, 0) is 73.6 Å². The van der Waals surface area contributed by atoms with E-state index in [1.54, 1.807) is 0 Å². The lowest BCUT2D eigenvalue weighted by molar-refractivity contribution is -0.251. The molecule has 20 nitrogen and oxygen atoms in total. The highest BCUT2D eigenvalue weighted by Crippen LogP contribution is 2.44. The molecule has 5 amide bonds. The highest BCUT2D eigenvalue weighted by molar-refractivity contribution is 5.96. The molecule has 2 aromatic carbocycles. The third-order valence-corrected chi connectivity index (χ3v) is 11.9. The molecule has 352 valence electrons. The van der Waals surface area contributed by atoms with E-state index in [1.807, 2.05) is 48.5 Å². The number of guanidine groups is 1. The maximum absolute atomic E-state index is 14.4. The maximum atomic E-state index is 14.4. The Kier molecular flexibility index (Phi) is 18.1. The average Bonchev–Trinajstić information content (AvgIpc) is 3.90. The standard InChI is InChI=1S/C45H61N9O11/c1-26(55)49-36(43(62)64-2)20-10-7-17-32-38(56)50-33(21-11-23-48-44(46)47)39(57)52-35(42(60)61)19-9-8-18-34(41(59)54-24-12-22-37(54)40(58)51-32)53-45(63)65-25-31-29-15-5-3-13-27(29)28-14-4-6-16-30(28)31/h3-6,13-16,31-37H,7-12,17-25H2,1-2H3,(H,49,55)(H,50,56)(H,51,58)(H,52,57)(H,53,63)(H,60,61)(H4,46,47,48)/p-1/t32-,33-,34-,35-,36-,37?/m0/s1. The van der Waals surface area contributed by atoms with Crippen molar-refractivity contribution in [3.8, 4) is 11.1 Å². The Morgan fingerprint density at radius 1 is 0.862 bits per heavy atom. The number of methoxy groups -OCH3 is 1. The SMILES string of the molecule is COC(=O)[C@H](CCCC[C@@H]1NC(=O)C2CCCN2C(=O)[C@@H](N=C([O-])OCC2c3ccccc3-c3ccccc32)CCCC[C@@H](C(=O)O)NC(=O)[C@H](CCCN=C(N)N)NC1=O)NC(C)=O. The summed E-state index contributed by atoms with van der Waals surface area (Å²) in [5.41, 5.74) is 15.0. The Hall–Kier alpha value is -6.73. The number of amides is 5. The Morgan fingerprint density at radius 2 is 1.48 bits per heavy atom. The Labute approximate surface area is 377 Å². The van der Waals surface area contributed by atoms with E-state index < -0.39 is 83.8 Å². The first-order valence-corrected chi connectivity index (χ1v) is 22.1. The molecule has 5 rings (SSSR count). The second-order valence-corrected chi connectivity index (χ2v) is 16.5. The fourth-order valence-corrected chi connectivity index (χ4v) is 8.63. The van der Waals surface area contributed by atoms with Gasteiger partial charge < -0.3 is 57.3 Å². The van der Waals surface area contributed by atoms with Gasteiger partial charge in [0.2, 0.25) is 29.5 Å². The monoisotopic (exact) mass is 902 g/mol. The van der Waals surface area contributed by atoms with Crippen LogP contribution in [0.2, 0.25) is 0 Å². The summed E-state index contributed by atoms with van der Waals surface area (Å²) >= 11 is 0. The van der Waals surface area contributed by atoms with E-state index in [2.05, 4.69) is 31.3 Å². The largest absolute Gasteiger partial charge is 0.599 e. The molecule has 2 heterocycles. The summed E-state index contributed by atoms with van der Waals surface area (Å²) < 4.78 is 10.5. The molecule has 65 heavy (non-hydrogen) atoms. The number of unbranched alkanes of at least 4 members (excludes halogenated alkanes) is 1. The smallest absolute Gasteiger partial charge is 0.328 e. The Balaban J connectivity index is 1.40. The van der Waals surface area contributed by atoms with Crippen molar-refractivity contribution in [2.24, 2.45) is 21.5 Å². The topological polar surface area (TPSA) is 309 Å². The maximum Gasteiger partial charge on any atom is 0.328 e. The van der Waals surface area contributed by atoms with Crippen molar-refractivity contribution >= 4 is 53.5 Å². The van der Waals surface area contributed by atoms with E-state index >= 15 is 0 Å². The van der Waals surface area contributed by atoms with Crippen molar-refractivity contribution in [3.05, 3.63) is 59.7 Å². The van der Waals surface area contributed by atoms with Gasteiger partial charge in [-0.1, -0.05) is 74.2 Å². The first-order valence-electron chi connectivity index (χ1n) is 22.1. The number of carbonyl (C=O) groups is 7. The molecule has 0 spiro atoms. The van der Waals surface area contributed by atoms with Crippen LogP contribution in [0, 0.1) is 0 Å². The molecule has 0 radical (unpaired) electrons. The quantitative estimate of drug-likeness (QED) is 0.0548. The number of nitrogens with one attached hydrogen (secondary N) is 4. The van der Waals surface area contributed by atoms with Gasteiger partial charge >= 0.3 is 11.9 Å². The number of nitrogens with zero attached hydrogens (tertiary/aromatic N) is 3. The van der Waals surface area contributed by atoms with Gasteiger partial charge in [-0.25, -0.2) is 9.59 Å². The van der Waals surface area contributed by atoms with E-state index in [4.69, 9.17) is 20.9 Å². The number of aliphatic imine (C=N–C) groups is 2. The zero-order valence-electron chi connectivity index (χ0n) is 36.8. The number of hydrogen-bond acceptors (Lipinski definition) is 12. The molecule has 0 bridgehead atoms. The summed E-state index contributed by atoms with van der Waals surface area (Å²) in [6, 6.07) is 8.48. The number of benzene rings is 2. The van der Waals surface area contributed by atoms with Crippen LogP contribution in [-0.2, 0) is 43.0 Å². The van der Waals surface area contributed by atoms with E-state index in [9.17, 15) is 43.8 Å². The van der Waals surface area contributed by atoms with Gasteiger partial charge in [0, 0.05) is 32.5 Å².